The molecule has 0 aliphatic heterocycles. The van der Waals surface area contributed by atoms with Gasteiger partial charge in [-0.25, -0.2) is 4.98 Å². The molecule has 0 N–H and O–H groups in total. The summed E-state index contributed by atoms with van der Waals surface area (Å²) >= 11 is 0. The molecule has 3 aromatic rings. The summed E-state index contributed by atoms with van der Waals surface area (Å²) < 4.78 is 0. The average Bonchev–Trinajstić information content (AvgIpc) is 2.77. The summed E-state index contributed by atoms with van der Waals surface area (Å²) in [6.45, 7) is 25.1. The van der Waals surface area contributed by atoms with Gasteiger partial charge in [0.1, 0.15) is 0 Å². The van der Waals surface area contributed by atoms with E-state index in [0.717, 1.165) is 37.4 Å². The lowest BCUT2D eigenvalue weighted by Gasteiger charge is -2.34. The van der Waals surface area contributed by atoms with Crippen molar-refractivity contribution in [3.8, 4) is 11.3 Å². The molecule has 0 fully saturated rings. The number of aromatic nitrogens is 1. The van der Waals surface area contributed by atoms with Crippen LogP contribution in [-0.2, 0) is 0 Å². The first-order chi connectivity index (χ1) is 16.5. The molecule has 3 rings (SSSR count). The molecular formula is C32H47N3. The second-order valence-corrected chi connectivity index (χ2v) is 11.9. The quantitative estimate of drug-likeness (QED) is 0.278. The lowest BCUT2D eigenvalue weighted by molar-refractivity contribution is 0.548. The van der Waals surface area contributed by atoms with Crippen LogP contribution in [0.4, 0.5) is 11.4 Å². The van der Waals surface area contributed by atoms with Crippen molar-refractivity contribution < 1.29 is 0 Å². The summed E-state index contributed by atoms with van der Waals surface area (Å²) in [5.74, 6) is 2.40. The highest BCUT2D eigenvalue weighted by molar-refractivity contribution is 5.84. The molecular weight excluding hydrogens is 426 g/mol. The molecule has 35 heavy (non-hydrogen) atoms. The Kier molecular flexibility index (Phi) is 9.21. The van der Waals surface area contributed by atoms with Gasteiger partial charge in [-0.2, -0.15) is 0 Å². The summed E-state index contributed by atoms with van der Waals surface area (Å²) in [5.41, 5.74) is 7.36. The molecule has 0 atom stereocenters. The Morgan fingerprint density at radius 2 is 1.20 bits per heavy atom. The van der Waals surface area contributed by atoms with Crippen LogP contribution in [0, 0.1) is 30.6 Å². The normalized spacial score (nSPS) is 11.9. The highest BCUT2D eigenvalue weighted by Gasteiger charge is 2.21. The van der Waals surface area contributed by atoms with E-state index in [-0.39, 0.29) is 0 Å². The SMILES string of the molecule is Cc1c(-c2ccc3ccccc3n2)cc(N(CC(C)C)CC(C)C)cc1N(CC(C)C)CC(C)C. The monoisotopic (exact) mass is 473 g/mol. The zero-order valence-electron chi connectivity index (χ0n) is 23.6. The smallest absolute Gasteiger partial charge is 0.0713 e. The Balaban J connectivity index is 2.23. The molecule has 2 aromatic carbocycles. The second-order valence-electron chi connectivity index (χ2n) is 11.9. The van der Waals surface area contributed by atoms with E-state index in [2.05, 4.69) is 121 Å². The lowest BCUT2D eigenvalue weighted by Crippen LogP contribution is -2.34. The topological polar surface area (TPSA) is 19.4 Å². The van der Waals surface area contributed by atoms with E-state index >= 15 is 0 Å². The van der Waals surface area contributed by atoms with Gasteiger partial charge in [0, 0.05) is 48.5 Å². The minimum atomic E-state index is 0.599. The fourth-order valence-corrected chi connectivity index (χ4v) is 5.00. The van der Waals surface area contributed by atoms with E-state index in [0.29, 0.717) is 23.7 Å². The van der Waals surface area contributed by atoms with E-state index in [1.807, 2.05) is 0 Å². The van der Waals surface area contributed by atoms with Crippen molar-refractivity contribution in [3.05, 3.63) is 54.1 Å². The number of anilines is 2. The van der Waals surface area contributed by atoms with Crippen molar-refractivity contribution in [2.45, 2.75) is 62.3 Å². The van der Waals surface area contributed by atoms with Crippen LogP contribution in [0.25, 0.3) is 22.2 Å². The lowest BCUT2D eigenvalue weighted by atomic mass is 9.98. The number of rotatable bonds is 11. The van der Waals surface area contributed by atoms with E-state index in [9.17, 15) is 0 Å². The molecule has 0 aliphatic carbocycles. The van der Waals surface area contributed by atoms with Crippen molar-refractivity contribution in [3.63, 3.8) is 0 Å². The molecule has 0 aliphatic rings. The van der Waals surface area contributed by atoms with Crippen molar-refractivity contribution in [2.24, 2.45) is 23.7 Å². The Labute approximate surface area is 214 Å². The fourth-order valence-electron chi connectivity index (χ4n) is 5.00. The van der Waals surface area contributed by atoms with Gasteiger partial charge in [-0.05, 0) is 60.4 Å². The van der Waals surface area contributed by atoms with Gasteiger partial charge in [0.25, 0.3) is 0 Å². The van der Waals surface area contributed by atoms with Crippen molar-refractivity contribution in [2.75, 3.05) is 36.0 Å². The predicted octanol–water partition coefficient (Wildman–Crippen LogP) is 8.45. The molecule has 0 saturated carbocycles. The van der Waals surface area contributed by atoms with Crippen LogP contribution in [-0.4, -0.2) is 31.2 Å². The van der Waals surface area contributed by atoms with Gasteiger partial charge in [-0.1, -0.05) is 79.7 Å². The van der Waals surface area contributed by atoms with Crippen molar-refractivity contribution >= 4 is 22.3 Å². The largest absolute Gasteiger partial charge is 0.371 e. The first kappa shape index (κ1) is 27.0. The molecule has 0 saturated heterocycles. The molecule has 0 radical (unpaired) electrons. The van der Waals surface area contributed by atoms with Crippen LogP contribution in [0.1, 0.15) is 61.0 Å². The maximum Gasteiger partial charge on any atom is 0.0713 e. The van der Waals surface area contributed by atoms with Gasteiger partial charge in [-0.3, -0.25) is 0 Å². The number of fused-ring (bicyclic) bond motifs is 1. The summed E-state index contributed by atoms with van der Waals surface area (Å²) in [6.07, 6.45) is 0. The maximum absolute atomic E-state index is 5.11. The minimum Gasteiger partial charge on any atom is -0.371 e. The molecule has 1 heterocycles. The summed E-state index contributed by atoms with van der Waals surface area (Å²) in [6, 6.07) is 17.7. The van der Waals surface area contributed by atoms with Crippen LogP contribution in [0.2, 0.25) is 0 Å². The van der Waals surface area contributed by atoms with E-state index in [4.69, 9.17) is 4.98 Å². The fraction of sp³-hybridized carbons (Fsp3) is 0.531. The van der Waals surface area contributed by atoms with Crippen LogP contribution in [0.15, 0.2) is 48.5 Å². The predicted molar refractivity (Wildman–Crippen MR) is 156 cm³/mol. The van der Waals surface area contributed by atoms with Gasteiger partial charge in [0.15, 0.2) is 0 Å². The number of hydrogen-bond donors (Lipinski definition) is 0. The number of nitrogens with zero attached hydrogens (tertiary/aromatic N) is 3. The first-order valence-electron chi connectivity index (χ1n) is 13.6. The number of benzene rings is 2. The van der Waals surface area contributed by atoms with Gasteiger partial charge < -0.3 is 9.80 Å². The van der Waals surface area contributed by atoms with E-state index < -0.39 is 0 Å². The highest BCUT2D eigenvalue weighted by atomic mass is 15.2. The summed E-state index contributed by atoms with van der Waals surface area (Å²) in [7, 11) is 0. The van der Waals surface area contributed by atoms with Crippen molar-refractivity contribution in [1.29, 1.82) is 0 Å². The summed E-state index contributed by atoms with van der Waals surface area (Å²) in [4.78, 5) is 10.3. The molecule has 3 nitrogen and oxygen atoms in total. The Bertz CT molecular complexity index is 1080. The van der Waals surface area contributed by atoms with Crippen LogP contribution < -0.4 is 9.80 Å². The third-order valence-corrected chi connectivity index (χ3v) is 6.29. The molecule has 190 valence electrons. The van der Waals surface area contributed by atoms with E-state index in [1.165, 1.54) is 27.9 Å². The third kappa shape index (κ3) is 7.22. The van der Waals surface area contributed by atoms with Crippen molar-refractivity contribution in [1.82, 2.24) is 4.98 Å². The number of hydrogen-bond acceptors (Lipinski definition) is 3. The van der Waals surface area contributed by atoms with Crippen LogP contribution in [0.5, 0.6) is 0 Å². The van der Waals surface area contributed by atoms with Gasteiger partial charge in [-0.15, -0.1) is 0 Å². The van der Waals surface area contributed by atoms with E-state index in [1.54, 1.807) is 0 Å². The maximum atomic E-state index is 5.11. The number of para-hydroxylation sites is 1. The standard InChI is InChI=1S/C32H47N3/c1-22(2)18-34(19-23(3)4)28-16-29(31-15-14-27-12-10-11-13-30(27)33-31)26(9)32(17-28)35(20-24(5)6)21-25(7)8/h10-17,22-25H,18-21H2,1-9H3. The molecule has 3 heteroatoms. The Morgan fingerprint density at radius 3 is 1.77 bits per heavy atom. The average molecular weight is 474 g/mol. The third-order valence-electron chi connectivity index (χ3n) is 6.29. The molecule has 0 bridgehead atoms. The van der Waals surface area contributed by atoms with Crippen LogP contribution in [0.3, 0.4) is 0 Å². The van der Waals surface area contributed by atoms with Gasteiger partial charge in [0.2, 0.25) is 0 Å². The van der Waals surface area contributed by atoms with Crippen LogP contribution >= 0.6 is 0 Å². The second kappa shape index (κ2) is 11.9. The highest BCUT2D eigenvalue weighted by Crippen LogP contribution is 2.37. The Morgan fingerprint density at radius 1 is 0.657 bits per heavy atom. The zero-order chi connectivity index (χ0) is 25.7. The molecule has 0 unspecified atom stereocenters. The summed E-state index contributed by atoms with van der Waals surface area (Å²) in [5, 5.41) is 1.19. The van der Waals surface area contributed by atoms with Gasteiger partial charge in [0.05, 0.1) is 11.2 Å². The number of pyridine rings is 1. The zero-order valence-corrected chi connectivity index (χ0v) is 23.6. The molecule has 0 amide bonds. The van der Waals surface area contributed by atoms with Gasteiger partial charge >= 0.3 is 0 Å². The molecule has 1 aromatic heterocycles. The molecule has 0 spiro atoms. The Hall–Kier alpha value is -2.55. The first-order valence-corrected chi connectivity index (χ1v) is 13.6. The minimum absolute atomic E-state index is 0.599.